The molecule has 150 valence electrons. The summed E-state index contributed by atoms with van der Waals surface area (Å²) in [5.74, 6) is 0.0151. The van der Waals surface area contributed by atoms with Crippen molar-refractivity contribution in [2.45, 2.75) is 43.4 Å². The molecule has 8 heteroatoms. The number of aromatic nitrogens is 1. The van der Waals surface area contributed by atoms with Gasteiger partial charge in [0, 0.05) is 25.7 Å². The van der Waals surface area contributed by atoms with Crippen LogP contribution in [0, 0.1) is 0 Å². The first-order chi connectivity index (χ1) is 13.5. The lowest BCUT2D eigenvalue weighted by Gasteiger charge is -2.20. The molecule has 1 aliphatic rings. The molecule has 1 saturated heterocycles. The number of ether oxygens (including phenoxy) is 1. The zero-order valence-electron chi connectivity index (χ0n) is 15.5. The lowest BCUT2D eigenvalue weighted by atomic mass is 10.1. The average Bonchev–Trinajstić information content (AvgIpc) is 2.99. The van der Waals surface area contributed by atoms with Crippen molar-refractivity contribution in [3.63, 3.8) is 0 Å². The summed E-state index contributed by atoms with van der Waals surface area (Å²) in [7, 11) is -3.45. The SMILES string of the molecule is O=C(CCc1ccc(S(=O)(=O)N2CCCCCC2)cc1)Oc1cccnc1Br. The molecule has 0 atom stereocenters. The Morgan fingerprint density at radius 1 is 1.07 bits per heavy atom. The van der Waals surface area contributed by atoms with Crippen LogP contribution in [0.3, 0.4) is 0 Å². The van der Waals surface area contributed by atoms with Gasteiger partial charge in [-0.15, -0.1) is 0 Å². The van der Waals surface area contributed by atoms with Crippen LogP contribution in [0.1, 0.15) is 37.7 Å². The van der Waals surface area contributed by atoms with Crippen LogP contribution in [0.5, 0.6) is 5.75 Å². The van der Waals surface area contributed by atoms with Crippen LogP contribution >= 0.6 is 15.9 Å². The second-order valence-corrected chi connectivity index (χ2v) is 9.42. The third-order valence-electron chi connectivity index (χ3n) is 4.69. The van der Waals surface area contributed by atoms with Crippen molar-refractivity contribution < 1.29 is 17.9 Å². The molecule has 0 amide bonds. The number of hydrogen-bond donors (Lipinski definition) is 0. The minimum atomic E-state index is -3.45. The molecule has 0 saturated carbocycles. The molecule has 1 aromatic carbocycles. The quantitative estimate of drug-likeness (QED) is 0.475. The number of benzene rings is 1. The van der Waals surface area contributed by atoms with E-state index in [0.717, 1.165) is 31.2 Å². The monoisotopic (exact) mass is 466 g/mol. The highest BCUT2D eigenvalue weighted by Gasteiger charge is 2.24. The molecular formula is C20H23BrN2O4S. The van der Waals surface area contributed by atoms with Crippen LogP contribution in [0.4, 0.5) is 0 Å². The second kappa shape index (κ2) is 9.62. The fourth-order valence-corrected chi connectivity index (χ4v) is 4.98. The predicted molar refractivity (Wildman–Crippen MR) is 110 cm³/mol. The third kappa shape index (κ3) is 5.40. The van der Waals surface area contributed by atoms with E-state index in [1.54, 1.807) is 46.9 Å². The molecule has 0 spiro atoms. The summed E-state index contributed by atoms with van der Waals surface area (Å²) in [6.45, 7) is 1.17. The maximum Gasteiger partial charge on any atom is 0.311 e. The predicted octanol–water partition coefficient (Wildman–Crippen LogP) is 3.95. The number of pyridine rings is 1. The molecule has 6 nitrogen and oxygen atoms in total. The Morgan fingerprint density at radius 2 is 1.75 bits per heavy atom. The topological polar surface area (TPSA) is 76.6 Å². The number of carbonyl (C=O) groups is 1. The van der Waals surface area contributed by atoms with Crippen molar-refractivity contribution in [3.8, 4) is 5.75 Å². The van der Waals surface area contributed by atoms with Crippen molar-refractivity contribution in [2.75, 3.05) is 13.1 Å². The number of halogens is 1. The molecule has 0 unspecified atom stereocenters. The van der Waals surface area contributed by atoms with E-state index in [2.05, 4.69) is 20.9 Å². The van der Waals surface area contributed by atoms with Gasteiger partial charge in [0.15, 0.2) is 5.75 Å². The first-order valence-electron chi connectivity index (χ1n) is 9.37. The van der Waals surface area contributed by atoms with E-state index < -0.39 is 10.0 Å². The van der Waals surface area contributed by atoms with Crippen LogP contribution in [-0.4, -0.2) is 36.8 Å². The van der Waals surface area contributed by atoms with Crippen LogP contribution in [0.15, 0.2) is 52.1 Å². The van der Waals surface area contributed by atoms with Crippen molar-refractivity contribution in [1.82, 2.24) is 9.29 Å². The molecule has 1 aliphatic heterocycles. The molecular weight excluding hydrogens is 444 g/mol. The summed E-state index contributed by atoms with van der Waals surface area (Å²) in [5.41, 5.74) is 0.886. The Kier molecular flexibility index (Phi) is 7.20. The van der Waals surface area contributed by atoms with Crippen molar-refractivity contribution in [1.29, 1.82) is 0 Å². The van der Waals surface area contributed by atoms with Gasteiger partial charge in [-0.2, -0.15) is 4.31 Å². The van der Waals surface area contributed by atoms with Crippen molar-refractivity contribution >= 4 is 31.9 Å². The molecule has 2 heterocycles. The smallest absolute Gasteiger partial charge is 0.311 e. The molecule has 28 heavy (non-hydrogen) atoms. The van der Waals surface area contributed by atoms with Gasteiger partial charge < -0.3 is 4.74 Å². The maximum atomic E-state index is 12.8. The Bertz CT molecular complexity index is 908. The zero-order valence-corrected chi connectivity index (χ0v) is 17.9. The number of nitrogens with zero attached hydrogens (tertiary/aromatic N) is 2. The lowest BCUT2D eigenvalue weighted by Crippen LogP contribution is -2.31. The number of aryl methyl sites for hydroxylation is 1. The van der Waals surface area contributed by atoms with E-state index in [-0.39, 0.29) is 12.4 Å². The summed E-state index contributed by atoms with van der Waals surface area (Å²) >= 11 is 3.24. The highest BCUT2D eigenvalue weighted by molar-refractivity contribution is 9.10. The molecule has 1 fully saturated rings. The van der Waals surface area contributed by atoms with E-state index in [9.17, 15) is 13.2 Å². The summed E-state index contributed by atoms with van der Waals surface area (Å²) in [6, 6.07) is 10.1. The Balaban J connectivity index is 1.58. The molecule has 1 aromatic heterocycles. The number of esters is 1. The third-order valence-corrected chi connectivity index (χ3v) is 7.20. The van der Waals surface area contributed by atoms with Crippen molar-refractivity contribution in [3.05, 3.63) is 52.8 Å². The number of sulfonamides is 1. The minimum Gasteiger partial charge on any atom is -0.424 e. The van der Waals surface area contributed by atoms with Crippen molar-refractivity contribution in [2.24, 2.45) is 0 Å². The number of rotatable bonds is 6. The molecule has 0 aliphatic carbocycles. The van der Waals surface area contributed by atoms with Gasteiger partial charge in [-0.05, 0) is 65.0 Å². The first kappa shape index (κ1) is 21.0. The van der Waals surface area contributed by atoms with E-state index in [1.165, 1.54) is 0 Å². The van der Waals surface area contributed by atoms with Gasteiger partial charge in [0.2, 0.25) is 10.0 Å². The number of carbonyl (C=O) groups excluding carboxylic acids is 1. The average molecular weight is 467 g/mol. The van der Waals surface area contributed by atoms with Gasteiger partial charge >= 0.3 is 5.97 Å². The number of hydrogen-bond acceptors (Lipinski definition) is 5. The summed E-state index contributed by atoms with van der Waals surface area (Å²) in [4.78, 5) is 16.3. The normalized spacial score (nSPS) is 15.8. The summed E-state index contributed by atoms with van der Waals surface area (Å²) in [6.07, 6.45) is 6.25. The van der Waals surface area contributed by atoms with Gasteiger partial charge in [0.1, 0.15) is 4.60 Å². The second-order valence-electron chi connectivity index (χ2n) is 6.73. The molecule has 2 aromatic rings. The summed E-state index contributed by atoms with van der Waals surface area (Å²) in [5, 5.41) is 0. The maximum absolute atomic E-state index is 12.8. The fourth-order valence-electron chi connectivity index (χ4n) is 3.13. The Labute approximate surface area is 174 Å². The fraction of sp³-hybridized carbons (Fsp3) is 0.400. The van der Waals surface area contributed by atoms with Gasteiger partial charge in [-0.25, -0.2) is 13.4 Å². The molecule has 3 rings (SSSR count). The molecule has 0 bridgehead atoms. The highest BCUT2D eigenvalue weighted by atomic mass is 79.9. The zero-order chi connectivity index (χ0) is 20.0. The van der Waals surface area contributed by atoms with Crippen LogP contribution in [0.25, 0.3) is 0 Å². The van der Waals surface area contributed by atoms with Crippen LogP contribution < -0.4 is 4.74 Å². The lowest BCUT2D eigenvalue weighted by molar-refractivity contribution is -0.134. The highest BCUT2D eigenvalue weighted by Crippen LogP contribution is 2.23. The van der Waals surface area contributed by atoms with E-state index in [4.69, 9.17) is 4.74 Å². The van der Waals surface area contributed by atoms with E-state index in [1.807, 2.05) is 0 Å². The summed E-state index contributed by atoms with van der Waals surface area (Å²) < 4.78 is 32.9. The van der Waals surface area contributed by atoms with E-state index in [0.29, 0.717) is 34.8 Å². The largest absolute Gasteiger partial charge is 0.424 e. The standard InChI is InChI=1S/C20H23BrN2O4S/c21-20-18(6-5-13-22-20)27-19(24)12-9-16-7-10-17(11-8-16)28(25,26)23-14-3-1-2-4-15-23/h5-8,10-11,13H,1-4,9,12,14-15H2. The Hall–Kier alpha value is -1.77. The van der Waals surface area contributed by atoms with Crippen LogP contribution in [0.2, 0.25) is 0 Å². The Morgan fingerprint density at radius 3 is 2.39 bits per heavy atom. The van der Waals surface area contributed by atoms with Gasteiger partial charge in [0.05, 0.1) is 4.90 Å². The minimum absolute atomic E-state index is 0.194. The molecule has 0 radical (unpaired) electrons. The first-order valence-corrected chi connectivity index (χ1v) is 11.6. The van der Waals surface area contributed by atoms with E-state index >= 15 is 0 Å². The van der Waals surface area contributed by atoms with Gasteiger partial charge in [-0.3, -0.25) is 4.79 Å². The van der Waals surface area contributed by atoms with Gasteiger partial charge in [-0.1, -0.05) is 25.0 Å². The van der Waals surface area contributed by atoms with Crippen LogP contribution in [-0.2, 0) is 21.2 Å². The van der Waals surface area contributed by atoms with Gasteiger partial charge in [0.25, 0.3) is 0 Å². The molecule has 0 N–H and O–H groups in total.